The summed E-state index contributed by atoms with van der Waals surface area (Å²) >= 11 is 0. The van der Waals surface area contributed by atoms with Gasteiger partial charge in [0.25, 0.3) is 5.91 Å². The van der Waals surface area contributed by atoms with Crippen molar-refractivity contribution in [3.8, 4) is 5.75 Å². The van der Waals surface area contributed by atoms with Crippen molar-refractivity contribution < 1.29 is 18.4 Å². The van der Waals surface area contributed by atoms with Crippen LogP contribution in [0.3, 0.4) is 0 Å². The van der Waals surface area contributed by atoms with Gasteiger partial charge in [0.05, 0.1) is 6.54 Å². The van der Waals surface area contributed by atoms with E-state index in [1.807, 2.05) is 20.8 Å². The first-order chi connectivity index (χ1) is 12.8. The van der Waals surface area contributed by atoms with E-state index in [4.69, 9.17) is 9.26 Å². The molecule has 1 aromatic heterocycles. The highest BCUT2D eigenvalue weighted by atomic mass is 19.1. The second-order valence-corrected chi connectivity index (χ2v) is 7.67. The Labute approximate surface area is 158 Å². The van der Waals surface area contributed by atoms with E-state index < -0.39 is 0 Å². The maximum absolute atomic E-state index is 12.9. The van der Waals surface area contributed by atoms with Crippen LogP contribution < -0.4 is 4.74 Å². The first kappa shape index (κ1) is 19.3. The van der Waals surface area contributed by atoms with Gasteiger partial charge in [-0.05, 0) is 24.3 Å². The van der Waals surface area contributed by atoms with E-state index >= 15 is 0 Å². The lowest BCUT2D eigenvalue weighted by Gasteiger charge is -2.34. The second kappa shape index (κ2) is 8.04. The predicted octanol–water partition coefficient (Wildman–Crippen LogP) is 2.23. The maximum atomic E-state index is 12.9. The standard InChI is InChI=1S/C19H25FN4O3/c1-19(2,3)18-21-16(22-27-18)12-23-8-10-24(11-9-23)17(25)13-26-15-6-4-14(20)5-7-15/h4-7H,8-13H2,1-3H3. The number of ether oxygens (including phenoxy) is 1. The monoisotopic (exact) mass is 376 g/mol. The van der Waals surface area contributed by atoms with E-state index in [1.165, 1.54) is 24.3 Å². The molecule has 1 fully saturated rings. The third-order valence-corrected chi connectivity index (χ3v) is 4.38. The zero-order valence-electron chi connectivity index (χ0n) is 15.9. The number of amides is 1. The van der Waals surface area contributed by atoms with Crippen LogP contribution >= 0.6 is 0 Å². The van der Waals surface area contributed by atoms with Crippen LogP contribution in [-0.4, -0.2) is 58.6 Å². The number of benzene rings is 1. The Bertz CT molecular complexity index is 762. The minimum atomic E-state index is -0.332. The van der Waals surface area contributed by atoms with Crippen LogP contribution in [0.5, 0.6) is 5.75 Å². The highest BCUT2D eigenvalue weighted by molar-refractivity contribution is 5.77. The van der Waals surface area contributed by atoms with Gasteiger partial charge in [0.2, 0.25) is 5.89 Å². The Balaban J connectivity index is 1.43. The third kappa shape index (κ3) is 5.26. The fourth-order valence-corrected chi connectivity index (χ4v) is 2.75. The van der Waals surface area contributed by atoms with E-state index in [-0.39, 0.29) is 23.7 Å². The van der Waals surface area contributed by atoms with Gasteiger partial charge in [0, 0.05) is 31.6 Å². The van der Waals surface area contributed by atoms with E-state index in [0.29, 0.717) is 37.1 Å². The summed E-state index contributed by atoms with van der Waals surface area (Å²) in [5, 5.41) is 4.05. The molecule has 8 heteroatoms. The van der Waals surface area contributed by atoms with Crippen LogP contribution in [0, 0.1) is 5.82 Å². The van der Waals surface area contributed by atoms with Gasteiger partial charge in [-0.15, -0.1) is 0 Å². The van der Waals surface area contributed by atoms with Crippen molar-refractivity contribution in [2.75, 3.05) is 32.8 Å². The Morgan fingerprint density at radius 1 is 1.19 bits per heavy atom. The summed E-state index contributed by atoms with van der Waals surface area (Å²) in [7, 11) is 0. The van der Waals surface area contributed by atoms with E-state index in [0.717, 1.165) is 13.1 Å². The molecule has 0 spiro atoms. The van der Waals surface area contributed by atoms with Crippen LogP contribution in [-0.2, 0) is 16.8 Å². The van der Waals surface area contributed by atoms with Gasteiger partial charge in [-0.1, -0.05) is 25.9 Å². The quantitative estimate of drug-likeness (QED) is 0.797. The molecule has 7 nitrogen and oxygen atoms in total. The van der Waals surface area contributed by atoms with Gasteiger partial charge >= 0.3 is 0 Å². The largest absolute Gasteiger partial charge is 0.484 e. The van der Waals surface area contributed by atoms with Crippen molar-refractivity contribution in [2.45, 2.75) is 32.7 Å². The average Bonchev–Trinajstić information content (AvgIpc) is 3.10. The number of piperazine rings is 1. The molecule has 1 amide bonds. The molecular formula is C19H25FN4O3. The summed E-state index contributed by atoms with van der Waals surface area (Å²) < 4.78 is 23.6. The van der Waals surface area contributed by atoms with Gasteiger partial charge in [-0.3, -0.25) is 9.69 Å². The van der Waals surface area contributed by atoms with E-state index in [9.17, 15) is 9.18 Å². The molecule has 2 heterocycles. The van der Waals surface area contributed by atoms with Gasteiger partial charge in [-0.25, -0.2) is 4.39 Å². The zero-order valence-corrected chi connectivity index (χ0v) is 15.9. The van der Waals surface area contributed by atoms with Crippen LogP contribution in [0.25, 0.3) is 0 Å². The lowest BCUT2D eigenvalue weighted by atomic mass is 9.97. The molecule has 0 atom stereocenters. The molecule has 1 aliphatic rings. The molecule has 1 aliphatic heterocycles. The van der Waals surface area contributed by atoms with E-state index in [2.05, 4.69) is 15.0 Å². The van der Waals surface area contributed by atoms with Gasteiger partial charge in [-0.2, -0.15) is 4.98 Å². The summed E-state index contributed by atoms with van der Waals surface area (Å²) in [4.78, 5) is 20.7. The molecule has 1 aromatic carbocycles. The van der Waals surface area contributed by atoms with Crippen molar-refractivity contribution in [1.82, 2.24) is 19.9 Å². The molecule has 27 heavy (non-hydrogen) atoms. The maximum Gasteiger partial charge on any atom is 0.260 e. The molecule has 0 radical (unpaired) electrons. The molecule has 3 rings (SSSR count). The summed E-state index contributed by atoms with van der Waals surface area (Å²) in [6, 6.07) is 5.64. The van der Waals surface area contributed by atoms with Crippen molar-refractivity contribution >= 4 is 5.91 Å². The number of carbonyl (C=O) groups excluding carboxylic acids is 1. The number of hydrogen-bond donors (Lipinski definition) is 0. The van der Waals surface area contributed by atoms with Crippen molar-refractivity contribution in [2.24, 2.45) is 0 Å². The summed E-state index contributed by atoms with van der Waals surface area (Å²) in [6.07, 6.45) is 0. The van der Waals surface area contributed by atoms with Gasteiger partial charge in [0.15, 0.2) is 12.4 Å². The molecule has 0 saturated carbocycles. The fraction of sp³-hybridized carbons (Fsp3) is 0.526. The minimum Gasteiger partial charge on any atom is -0.484 e. The topological polar surface area (TPSA) is 71.7 Å². The lowest BCUT2D eigenvalue weighted by molar-refractivity contribution is -0.135. The lowest BCUT2D eigenvalue weighted by Crippen LogP contribution is -2.49. The van der Waals surface area contributed by atoms with Gasteiger partial charge in [0.1, 0.15) is 11.6 Å². The minimum absolute atomic E-state index is 0.0502. The molecular weight excluding hydrogens is 351 g/mol. The summed E-state index contributed by atoms with van der Waals surface area (Å²) in [6.45, 7) is 9.36. The number of hydrogen-bond acceptors (Lipinski definition) is 6. The SMILES string of the molecule is CC(C)(C)c1nc(CN2CCN(C(=O)COc3ccc(F)cc3)CC2)no1. The summed E-state index contributed by atoms with van der Waals surface area (Å²) in [5.41, 5.74) is -0.166. The number of nitrogens with zero attached hydrogens (tertiary/aromatic N) is 4. The highest BCUT2D eigenvalue weighted by Crippen LogP contribution is 2.20. The van der Waals surface area contributed by atoms with Crippen LogP contribution in [0.1, 0.15) is 32.5 Å². The number of carbonyl (C=O) groups is 1. The number of aromatic nitrogens is 2. The first-order valence-electron chi connectivity index (χ1n) is 9.03. The van der Waals surface area contributed by atoms with Gasteiger partial charge < -0.3 is 14.2 Å². The highest BCUT2D eigenvalue weighted by Gasteiger charge is 2.25. The van der Waals surface area contributed by atoms with Crippen molar-refractivity contribution in [1.29, 1.82) is 0 Å². The first-order valence-corrected chi connectivity index (χ1v) is 9.03. The van der Waals surface area contributed by atoms with Crippen LogP contribution in [0.2, 0.25) is 0 Å². The molecule has 0 aliphatic carbocycles. The Morgan fingerprint density at radius 2 is 1.85 bits per heavy atom. The Kier molecular flexibility index (Phi) is 5.74. The second-order valence-electron chi connectivity index (χ2n) is 7.67. The molecule has 146 valence electrons. The van der Waals surface area contributed by atoms with Crippen LogP contribution in [0.15, 0.2) is 28.8 Å². The number of halogens is 1. The molecule has 0 bridgehead atoms. The van der Waals surface area contributed by atoms with Crippen LogP contribution in [0.4, 0.5) is 4.39 Å². The summed E-state index contributed by atoms with van der Waals surface area (Å²) in [5.74, 6) is 1.37. The fourth-order valence-electron chi connectivity index (χ4n) is 2.75. The molecule has 0 unspecified atom stereocenters. The predicted molar refractivity (Wildman–Crippen MR) is 96.8 cm³/mol. The third-order valence-electron chi connectivity index (χ3n) is 4.38. The molecule has 2 aromatic rings. The zero-order chi connectivity index (χ0) is 19.4. The smallest absolute Gasteiger partial charge is 0.260 e. The van der Waals surface area contributed by atoms with Crippen molar-refractivity contribution in [3.05, 3.63) is 41.8 Å². The molecule has 1 saturated heterocycles. The average molecular weight is 376 g/mol. The van der Waals surface area contributed by atoms with E-state index in [1.54, 1.807) is 4.90 Å². The van der Waals surface area contributed by atoms with Crippen molar-refractivity contribution in [3.63, 3.8) is 0 Å². The molecule has 0 N–H and O–H groups in total. The Hall–Kier alpha value is -2.48. The Morgan fingerprint density at radius 3 is 2.44 bits per heavy atom. The number of rotatable bonds is 5. The normalized spacial score (nSPS) is 15.8.